The van der Waals surface area contributed by atoms with E-state index in [0.717, 1.165) is 89.9 Å². The van der Waals surface area contributed by atoms with Crippen LogP contribution in [-0.2, 0) is 26.2 Å². The van der Waals surface area contributed by atoms with Crippen molar-refractivity contribution in [2.75, 3.05) is 38.5 Å². The van der Waals surface area contributed by atoms with E-state index in [1.807, 2.05) is 49.1 Å². The van der Waals surface area contributed by atoms with Crippen molar-refractivity contribution < 1.29 is 29.1 Å². The van der Waals surface area contributed by atoms with Crippen LogP contribution in [0.15, 0.2) is 76.9 Å². The molecule has 14 nitrogen and oxygen atoms in total. The summed E-state index contributed by atoms with van der Waals surface area (Å²) in [6, 6.07) is 20.9. The molecular formula is C50H57N7O7S. The smallest absolute Gasteiger partial charge is 0.329 e. The zero-order valence-electron chi connectivity index (χ0n) is 37.2. The molecule has 2 atom stereocenters. The van der Waals surface area contributed by atoms with E-state index in [2.05, 4.69) is 57.0 Å². The van der Waals surface area contributed by atoms with E-state index in [-0.39, 0.29) is 48.3 Å². The van der Waals surface area contributed by atoms with Crippen molar-refractivity contribution in [3.05, 3.63) is 110 Å². The van der Waals surface area contributed by atoms with Crippen LogP contribution < -0.4 is 22.1 Å². The minimum Gasteiger partial charge on any atom is -0.483 e. The van der Waals surface area contributed by atoms with Crippen LogP contribution in [-0.4, -0.2) is 86.9 Å². The number of likely N-dealkylation sites (tertiary alicyclic amines) is 2. The molecule has 2 aromatic heterocycles. The van der Waals surface area contributed by atoms with Crippen LogP contribution in [0.4, 0.5) is 5.69 Å². The Kier molecular flexibility index (Phi) is 15.0. The molecule has 5 aromatic rings. The Hall–Kier alpha value is -6.50. The summed E-state index contributed by atoms with van der Waals surface area (Å²) in [5.41, 5.74) is 13.4. The number of anilines is 1. The third-order valence-electron chi connectivity index (χ3n) is 13.0. The van der Waals surface area contributed by atoms with Crippen molar-refractivity contribution in [3.8, 4) is 22.3 Å². The topological polar surface area (TPSA) is 189 Å². The van der Waals surface area contributed by atoms with E-state index < -0.39 is 11.9 Å². The van der Waals surface area contributed by atoms with Gasteiger partial charge in [-0.05, 0) is 142 Å². The molecule has 0 spiro atoms. The first-order valence-corrected chi connectivity index (χ1v) is 23.2. The molecule has 3 aliphatic rings. The van der Waals surface area contributed by atoms with Crippen LogP contribution in [0.1, 0.15) is 109 Å². The van der Waals surface area contributed by atoms with Crippen molar-refractivity contribution in [2.24, 2.45) is 13.0 Å². The standard InChI is InChI=1S/C49H55N7O5S.CH2O2/c1-31-8-14-38(50)30-39(31)47(59)51-32(2)36-12-11-35(40(28-36)44-6-5-27-62-44)10-9-33-18-23-54(24-19-33)22-4-7-46(58)55-25-20-34(21-26-55)37-13-15-41-43(29-37)53(3)49(61)56(41)42-16-17-45(57)52-48(42)60;2-1-3/h5-6,8,11-15,27-30,32-34,42H,4,7,16-26,50H2,1-3H3,(H,51,59)(H,52,57,60);1H,(H,2,3). The summed E-state index contributed by atoms with van der Waals surface area (Å²) in [6.07, 6.45) is 5.58. The third-order valence-corrected chi connectivity index (χ3v) is 13.9. The number of amides is 4. The van der Waals surface area contributed by atoms with Crippen LogP contribution >= 0.6 is 11.3 Å². The molecule has 0 saturated carbocycles. The van der Waals surface area contributed by atoms with Crippen LogP contribution in [0, 0.1) is 24.7 Å². The van der Waals surface area contributed by atoms with Gasteiger partial charge in [0.1, 0.15) is 6.04 Å². The highest BCUT2D eigenvalue weighted by atomic mass is 32.1. The summed E-state index contributed by atoms with van der Waals surface area (Å²) < 4.78 is 3.09. The second-order valence-corrected chi connectivity index (χ2v) is 18.2. The molecule has 3 fully saturated rings. The van der Waals surface area contributed by atoms with E-state index in [4.69, 9.17) is 15.6 Å². The lowest BCUT2D eigenvalue weighted by atomic mass is 9.89. The number of nitrogens with one attached hydrogen (secondary N) is 2. The van der Waals surface area contributed by atoms with Crippen LogP contribution in [0.2, 0.25) is 0 Å². The molecule has 65 heavy (non-hydrogen) atoms. The van der Waals surface area contributed by atoms with Crippen molar-refractivity contribution in [2.45, 2.75) is 83.2 Å². The van der Waals surface area contributed by atoms with E-state index in [1.54, 1.807) is 35.1 Å². The number of imide groups is 1. The Morgan fingerprint density at radius 1 is 0.969 bits per heavy atom. The number of imidazole rings is 1. The Morgan fingerprint density at radius 2 is 1.72 bits per heavy atom. The predicted octanol–water partition coefficient (Wildman–Crippen LogP) is 6.38. The average molecular weight is 900 g/mol. The fraction of sp³-hybridized carbons (Fsp3) is 0.400. The number of benzene rings is 3. The maximum atomic E-state index is 13.3. The van der Waals surface area contributed by atoms with Crippen molar-refractivity contribution in [3.63, 3.8) is 0 Å². The van der Waals surface area contributed by atoms with E-state index >= 15 is 0 Å². The van der Waals surface area contributed by atoms with Gasteiger partial charge in [-0.3, -0.25) is 38.4 Å². The molecule has 4 amide bonds. The molecular weight excluding hydrogens is 843 g/mol. The molecule has 3 saturated heterocycles. The highest BCUT2D eigenvalue weighted by Gasteiger charge is 2.32. The van der Waals surface area contributed by atoms with Crippen molar-refractivity contribution in [1.82, 2.24) is 29.6 Å². The summed E-state index contributed by atoms with van der Waals surface area (Å²) in [5.74, 6) is 7.00. The molecule has 340 valence electrons. The van der Waals surface area contributed by atoms with Gasteiger partial charge in [0.05, 0.1) is 17.1 Å². The first kappa shape index (κ1) is 46.5. The van der Waals surface area contributed by atoms with Gasteiger partial charge < -0.3 is 26.0 Å². The van der Waals surface area contributed by atoms with Crippen LogP contribution in [0.3, 0.4) is 0 Å². The number of carboxylic acid groups (broad SMARTS) is 1. The Bertz CT molecular complexity index is 2680. The number of hydrogen-bond donors (Lipinski definition) is 4. The maximum absolute atomic E-state index is 13.3. The molecule has 15 heteroatoms. The number of thiophene rings is 1. The number of nitrogens with zero attached hydrogens (tertiary/aromatic N) is 4. The molecule has 0 aliphatic carbocycles. The van der Waals surface area contributed by atoms with Gasteiger partial charge in [0.2, 0.25) is 17.7 Å². The minimum absolute atomic E-state index is 0.148. The van der Waals surface area contributed by atoms with Gasteiger partial charge in [-0.15, -0.1) is 11.3 Å². The van der Waals surface area contributed by atoms with E-state index in [1.165, 1.54) is 4.57 Å². The fourth-order valence-electron chi connectivity index (χ4n) is 9.24. The zero-order valence-corrected chi connectivity index (χ0v) is 38.0. The number of nitrogen functional groups attached to an aromatic ring is 1. The largest absolute Gasteiger partial charge is 0.483 e. The van der Waals surface area contributed by atoms with Gasteiger partial charge in [0.15, 0.2) is 0 Å². The summed E-state index contributed by atoms with van der Waals surface area (Å²) in [4.78, 5) is 77.9. The molecule has 5 N–H and O–H groups in total. The summed E-state index contributed by atoms with van der Waals surface area (Å²) in [5, 5.41) is 14.5. The molecule has 0 radical (unpaired) electrons. The quantitative estimate of drug-likeness (QED) is 0.0534. The average Bonchev–Trinajstić information content (AvgIpc) is 3.93. The number of rotatable bonds is 10. The van der Waals surface area contributed by atoms with Crippen LogP contribution in [0.25, 0.3) is 21.5 Å². The van der Waals surface area contributed by atoms with Gasteiger partial charge in [0.25, 0.3) is 12.4 Å². The van der Waals surface area contributed by atoms with Gasteiger partial charge in [0, 0.05) is 66.2 Å². The van der Waals surface area contributed by atoms with Gasteiger partial charge >= 0.3 is 5.69 Å². The van der Waals surface area contributed by atoms with E-state index in [0.29, 0.717) is 48.6 Å². The Morgan fingerprint density at radius 3 is 2.43 bits per heavy atom. The number of hydrogen-bond acceptors (Lipinski definition) is 9. The lowest BCUT2D eigenvalue weighted by molar-refractivity contribution is -0.136. The number of carbonyl (C=O) groups excluding carboxylic acids is 4. The third kappa shape index (κ3) is 10.9. The summed E-state index contributed by atoms with van der Waals surface area (Å²) in [7, 11) is 1.72. The monoisotopic (exact) mass is 899 g/mol. The van der Waals surface area contributed by atoms with E-state index in [9.17, 15) is 24.0 Å². The lowest BCUT2D eigenvalue weighted by Crippen LogP contribution is -2.44. The van der Waals surface area contributed by atoms with Crippen LogP contribution in [0.5, 0.6) is 0 Å². The molecule has 0 bridgehead atoms. The maximum Gasteiger partial charge on any atom is 0.329 e. The molecule has 2 unspecified atom stereocenters. The highest BCUT2D eigenvalue weighted by Crippen LogP contribution is 2.33. The van der Waals surface area contributed by atoms with Gasteiger partial charge in [-0.25, -0.2) is 4.79 Å². The number of nitrogens with two attached hydrogens (primary N) is 1. The van der Waals surface area contributed by atoms with Crippen molar-refractivity contribution >= 4 is 58.2 Å². The number of aromatic nitrogens is 2. The van der Waals surface area contributed by atoms with Gasteiger partial charge in [-0.2, -0.15) is 0 Å². The molecule has 3 aromatic carbocycles. The minimum atomic E-state index is -0.706. The van der Waals surface area contributed by atoms with Gasteiger partial charge in [-0.1, -0.05) is 36.1 Å². The number of fused-ring (bicyclic) bond motifs is 1. The zero-order chi connectivity index (χ0) is 46.2. The SMILES string of the molecule is Cc1ccc(N)cc1C(=O)NC(C)c1ccc(C#CC2CCN(CCCC(=O)N3CCC(c4ccc5c(c4)n(C)c(=O)n5C4CCC(=O)NC4=O)CC3)CC2)c(-c2cccs2)c1.O=CO. The Labute approximate surface area is 382 Å². The normalized spacial score (nSPS) is 17.6. The molecule has 3 aliphatic heterocycles. The lowest BCUT2D eigenvalue weighted by Gasteiger charge is -2.33. The first-order chi connectivity index (χ1) is 31.3. The number of carbonyl (C=O) groups is 5. The highest BCUT2D eigenvalue weighted by molar-refractivity contribution is 7.13. The Balaban J connectivity index is 0.00000204. The number of piperidine rings is 3. The molecule has 8 rings (SSSR count). The van der Waals surface area contributed by atoms with Crippen molar-refractivity contribution in [1.29, 1.82) is 0 Å². The molecule has 5 heterocycles. The second-order valence-electron chi connectivity index (χ2n) is 17.2. The second kappa shape index (κ2) is 21.0. The predicted molar refractivity (Wildman–Crippen MR) is 252 cm³/mol. The fourth-order valence-corrected chi connectivity index (χ4v) is 9.99. The summed E-state index contributed by atoms with van der Waals surface area (Å²) >= 11 is 1.68. The number of aryl methyl sites for hydroxylation is 2. The first-order valence-electron chi connectivity index (χ1n) is 22.3. The summed E-state index contributed by atoms with van der Waals surface area (Å²) in [6.45, 7) is 7.90.